The number of sulfonamides is 1. The number of rotatable bonds is 5. The summed E-state index contributed by atoms with van der Waals surface area (Å²) in [6.07, 6.45) is 1.10. The average Bonchev–Trinajstić information content (AvgIpc) is 3.22. The van der Waals surface area contributed by atoms with E-state index in [0.717, 1.165) is 11.1 Å². The summed E-state index contributed by atoms with van der Waals surface area (Å²) in [5.41, 5.74) is 2.13. The van der Waals surface area contributed by atoms with Crippen LogP contribution in [0.25, 0.3) is 11.2 Å². The first-order valence-corrected chi connectivity index (χ1v) is 12.8. The number of hydrogen-bond acceptors (Lipinski definition) is 6. The van der Waals surface area contributed by atoms with E-state index < -0.39 is 10.0 Å². The van der Waals surface area contributed by atoms with E-state index in [9.17, 15) is 13.2 Å². The van der Waals surface area contributed by atoms with Crippen LogP contribution < -0.4 is 5.56 Å². The van der Waals surface area contributed by atoms with Gasteiger partial charge in [-0.2, -0.15) is 4.31 Å². The summed E-state index contributed by atoms with van der Waals surface area (Å²) in [5.74, 6) is 0.454. The molecule has 0 atom stereocenters. The Morgan fingerprint density at radius 1 is 1.12 bits per heavy atom. The zero-order valence-electron chi connectivity index (χ0n) is 18.5. The molecule has 176 valence electrons. The Bertz CT molecular complexity index is 1510. The average molecular weight is 499 g/mol. The molecule has 9 nitrogen and oxygen atoms in total. The van der Waals surface area contributed by atoms with E-state index in [4.69, 9.17) is 11.6 Å². The van der Waals surface area contributed by atoms with Crippen LogP contribution in [0.2, 0.25) is 5.02 Å². The van der Waals surface area contributed by atoms with Gasteiger partial charge >= 0.3 is 0 Å². The second-order valence-electron chi connectivity index (χ2n) is 8.49. The van der Waals surface area contributed by atoms with Crippen molar-refractivity contribution in [3.8, 4) is 0 Å². The molecule has 0 unspecified atom stereocenters. The molecule has 4 aromatic rings. The summed E-state index contributed by atoms with van der Waals surface area (Å²) in [6.45, 7) is 2.99. The van der Waals surface area contributed by atoms with Gasteiger partial charge < -0.3 is 4.98 Å². The lowest BCUT2D eigenvalue weighted by atomic mass is 9.97. The molecule has 34 heavy (non-hydrogen) atoms. The number of aryl methyl sites for hydroxylation is 1. The zero-order valence-corrected chi connectivity index (χ0v) is 20.1. The quantitative estimate of drug-likeness (QED) is 0.452. The van der Waals surface area contributed by atoms with Gasteiger partial charge in [-0.3, -0.25) is 4.79 Å². The molecule has 1 aliphatic rings. The van der Waals surface area contributed by atoms with Crippen molar-refractivity contribution in [3.63, 3.8) is 0 Å². The van der Waals surface area contributed by atoms with Gasteiger partial charge in [0.1, 0.15) is 5.82 Å². The molecule has 1 aliphatic heterocycles. The first-order chi connectivity index (χ1) is 16.3. The lowest BCUT2D eigenvalue weighted by molar-refractivity contribution is 0.313. The minimum absolute atomic E-state index is 0.0731. The van der Waals surface area contributed by atoms with E-state index in [2.05, 4.69) is 20.3 Å². The first-order valence-electron chi connectivity index (χ1n) is 11.0. The van der Waals surface area contributed by atoms with E-state index in [1.54, 1.807) is 35.0 Å². The minimum atomic E-state index is -3.56. The molecule has 0 spiro atoms. The predicted molar refractivity (Wildman–Crippen MR) is 128 cm³/mol. The van der Waals surface area contributed by atoms with Crippen LogP contribution in [0.4, 0.5) is 0 Å². The van der Waals surface area contributed by atoms with Gasteiger partial charge in [-0.05, 0) is 49.6 Å². The second kappa shape index (κ2) is 8.94. The molecule has 3 heterocycles. The Kier molecular flexibility index (Phi) is 5.97. The van der Waals surface area contributed by atoms with Crippen LogP contribution in [0, 0.1) is 6.92 Å². The fourth-order valence-electron chi connectivity index (χ4n) is 4.22. The Morgan fingerprint density at radius 2 is 1.85 bits per heavy atom. The van der Waals surface area contributed by atoms with Gasteiger partial charge in [0, 0.05) is 24.0 Å². The number of hydrogen-bond donors (Lipinski definition) is 1. The summed E-state index contributed by atoms with van der Waals surface area (Å²) in [4.78, 5) is 20.5. The number of nitrogens with one attached hydrogen (secondary N) is 1. The van der Waals surface area contributed by atoms with Crippen molar-refractivity contribution in [2.24, 2.45) is 0 Å². The Hall–Kier alpha value is -3.08. The Morgan fingerprint density at radius 3 is 2.56 bits per heavy atom. The third kappa shape index (κ3) is 4.36. The number of halogens is 1. The number of piperidine rings is 1. The third-order valence-electron chi connectivity index (χ3n) is 6.11. The fourth-order valence-corrected chi connectivity index (χ4v) is 5.90. The number of aromatic nitrogens is 5. The summed E-state index contributed by atoms with van der Waals surface area (Å²) in [6, 6.07) is 14.2. The zero-order chi connectivity index (χ0) is 23.9. The first kappa shape index (κ1) is 22.7. The van der Waals surface area contributed by atoms with Gasteiger partial charge in [0.15, 0.2) is 11.2 Å². The van der Waals surface area contributed by atoms with E-state index in [1.807, 2.05) is 25.1 Å². The molecule has 0 radical (unpaired) electrons. The van der Waals surface area contributed by atoms with Crippen molar-refractivity contribution >= 4 is 32.8 Å². The second-order valence-corrected chi connectivity index (χ2v) is 10.9. The standard InChI is InChI=1S/C23H23ClN6O3S/c1-15-5-7-19(8-6-15)34(32,33)29-11-9-17(10-12-29)21-25-22-20(23(31)26-21)27-28-30(22)14-16-3-2-4-18(24)13-16/h2-8,13,17H,9-12,14H2,1H3,(H,25,26,31). The predicted octanol–water partition coefficient (Wildman–Crippen LogP) is 3.09. The maximum absolute atomic E-state index is 13.0. The normalized spacial score (nSPS) is 15.7. The van der Waals surface area contributed by atoms with E-state index in [1.165, 1.54) is 4.31 Å². The van der Waals surface area contributed by atoms with E-state index in [0.29, 0.717) is 53.9 Å². The summed E-state index contributed by atoms with van der Waals surface area (Å²) < 4.78 is 29.1. The topological polar surface area (TPSA) is 114 Å². The molecule has 1 N–H and O–H groups in total. The third-order valence-corrected chi connectivity index (χ3v) is 8.26. The Balaban J connectivity index is 1.37. The van der Waals surface area contributed by atoms with Crippen molar-refractivity contribution in [3.05, 3.63) is 80.9 Å². The number of H-pyrrole nitrogens is 1. The van der Waals surface area contributed by atoms with Crippen LogP contribution in [0.1, 0.15) is 35.7 Å². The SMILES string of the molecule is Cc1ccc(S(=O)(=O)N2CCC(c3nc4c(nnn4Cc4cccc(Cl)c4)c(=O)[nH]3)CC2)cc1. The molecule has 0 saturated carbocycles. The lowest BCUT2D eigenvalue weighted by Crippen LogP contribution is -2.38. The molecule has 2 aromatic heterocycles. The number of fused-ring (bicyclic) bond motifs is 1. The van der Waals surface area contributed by atoms with E-state index in [-0.39, 0.29) is 17.0 Å². The summed E-state index contributed by atoms with van der Waals surface area (Å²) in [5, 5.41) is 8.71. The smallest absolute Gasteiger partial charge is 0.281 e. The van der Waals surface area contributed by atoms with Gasteiger partial charge in [-0.25, -0.2) is 18.1 Å². The molecule has 5 rings (SSSR count). The number of benzene rings is 2. The maximum Gasteiger partial charge on any atom is 0.281 e. The molecule has 0 bridgehead atoms. The van der Waals surface area contributed by atoms with Gasteiger partial charge in [0.2, 0.25) is 10.0 Å². The monoisotopic (exact) mass is 498 g/mol. The van der Waals surface area contributed by atoms with Gasteiger partial charge in [0.25, 0.3) is 5.56 Å². The molecule has 2 aromatic carbocycles. The van der Waals surface area contributed by atoms with Crippen molar-refractivity contribution in [1.29, 1.82) is 0 Å². The maximum atomic E-state index is 13.0. The number of nitrogens with zero attached hydrogens (tertiary/aromatic N) is 5. The highest BCUT2D eigenvalue weighted by Gasteiger charge is 2.31. The highest BCUT2D eigenvalue weighted by molar-refractivity contribution is 7.89. The highest BCUT2D eigenvalue weighted by atomic mass is 35.5. The summed E-state index contributed by atoms with van der Waals surface area (Å²) in [7, 11) is -3.56. The minimum Gasteiger partial charge on any atom is -0.308 e. The van der Waals surface area contributed by atoms with Crippen molar-refractivity contribution < 1.29 is 8.42 Å². The molecule has 11 heteroatoms. The van der Waals surface area contributed by atoms with Crippen LogP contribution in [0.5, 0.6) is 0 Å². The largest absolute Gasteiger partial charge is 0.308 e. The molecular weight excluding hydrogens is 476 g/mol. The number of aromatic amines is 1. The summed E-state index contributed by atoms with van der Waals surface area (Å²) >= 11 is 6.08. The van der Waals surface area contributed by atoms with Crippen molar-refractivity contribution in [2.75, 3.05) is 13.1 Å². The van der Waals surface area contributed by atoms with Crippen LogP contribution in [0.3, 0.4) is 0 Å². The molecular formula is C23H23ClN6O3S. The lowest BCUT2D eigenvalue weighted by Gasteiger charge is -2.30. The highest BCUT2D eigenvalue weighted by Crippen LogP contribution is 2.29. The van der Waals surface area contributed by atoms with Crippen LogP contribution in [-0.2, 0) is 16.6 Å². The molecule has 1 fully saturated rings. The molecule has 1 saturated heterocycles. The fraction of sp³-hybridized carbons (Fsp3) is 0.304. The van der Waals surface area contributed by atoms with Gasteiger partial charge in [-0.1, -0.05) is 46.6 Å². The van der Waals surface area contributed by atoms with Gasteiger partial charge in [-0.15, -0.1) is 5.10 Å². The van der Waals surface area contributed by atoms with Crippen molar-refractivity contribution in [1.82, 2.24) is 29.3 Å². The van der Waals surface area contributed by atoms with Crippen LogP contribution in [0.15, 0.2) is 58.2 Å². The molecule has 0 amide bonds. The van der Waals surface area contributed by atoms with E-state index >= 15 is 0 Å². The van der Waals surface area contributed by atoms with Gasteiger partial charge in [0.05, 0.1) is 11.4 Å². The van der Waals surface area contributed by atoms with Crippen LogP contribution >= 0.6 is 11.6 Å². The van der Waals surface area contributed by atoms with Crippen molar-refractivity contribution in [2.45, 2.75) is 37.1 Å². The Labute approximate surface area is 201 Å². The van der Waals surface area contributed by atoms with Crippen LogP contribution in [-0.4, -0.2) is 50.8 Å². The molecule has 0 aliphatic carbocycles.